The molecule has 7 heteroatoms. The maximum Gasteiger partial charge on any atom is 0.338 e. The predicted octanol–water partition coefficient (Wildman–Crippen LogP) is 2.50. The zero-order valence-corrected chi connectivity index (χ0v) is 13.1. The minimum atomic E-state index is -3.70. The molecule has 0 fully saturated rings. The van der Waals surface area contributed by atoms with E-state index in [1.165, 1.54) is 30.5 Å². The smallest absolute Gasteiger partial charge is 0.338 e. The quantitative estimate of drug-likeness (QED) is 0.826. The van der Waals surface area contributed by atoms with Crippen molar-refractivity contribution in [2.24, 2.45) is 0 Å². The Hall–Kier alpha value is -2.12. The zero-order valence-electron chi connectivity index (χ0n) is 12.3. The van der Waals surface area contributed by atoms with Gasteiger partial charge < -0.3 is 9.15 Å². The van der Waals surface area contributed by atoms with Gasteiger partial charge in [-0.25, -0.2) is 17.9 Å². The Morgan fingerprint density at radius 2 is 1.95 bits per heavy atom. The summed E-state index contributed by atoms with van der Waals surface area (Å²) in [6.07, 6.45) is 1.48. The first-order valence-electron chi connectivity index (χ1n) is 6.77. The third kappa shape index (κ3) is 3.75. The first kappa shape index (κ1) is 16.3. The van der Waals surface area contributed by atoms with E-state index < -0.39 is 22.0 Å². The van der Waals surface area contributed by atoms with Crippen LogP contribution in [0.2, 0.25) is 0 Å². The number of hydrogen-bond donors (Lipinski definition) is 1. The summed E-state index contributed by atoms with van der Waals surface area (Å²) < 4.78 is 37.1. The normalized spacial score (nSPS) is 12.8. The molecular formula is C15H17NO5S. The minimum Gasteiger partial charge on any atom is -0.468 e. The number of carbonyl (C=O) groups is 1. The summed E-state index contributed by atoms with van der Waals surface area (Å²) in [5, 5.41) is 0. The third-order valence-electron chi connectivity index (χ3n) is 2.98. The van der Waals surface area contributed by atoms with E-state index in [1.807, 2.05) is 0 Å². The molecule has 1 N–H and O–H groups in total. The topological polar surface area (TPSA) is 85.6 Å². The molecule has 6 nitrogen and oxygen atoms in total. The molecule has 0 saturated heterocycles. The SMILES string of the molecule is CCOC(=O)c1ccc(S(=O)(=O)N[C@H](C)c2ccco2)cc1. The van der Waals surface area contributed by atoms with E-state index >= 15 is 0 Å². The fourth-order valence-electron chi connectivity index (χ4n) is 1.88. The number of ether oxygens (including phenoxy) is 1. The van der Waals surface area contributed by atoms with Gasteiger partial charge in [-0.3, -0.25) is 0 Å². The van der Waals surface area contributed by atoms with Gasteiger partial charge in [0.2, 0.25) is 10.0 Å². The number of esters is 1. The number of carbonyl (C=O) groups excluding carboxylic acids is 1. The molecule has 22 heavy (non-hydrogen) atoms. The molecule has 118 valence electrons. The van der Waals surface area contributed by atoms with Gasteiger partial charge in [-0.05, 0) is 50.2 Å². The van der Waals surface area contributed by atoms with Crippen molar-refractivity contribution < 1.29 is 22.4 Å². The Morgan fingerprint density at radius 1 is 1.27 bits per heavy atom. The van der Waals surface area contributed by atoms with Gasteiger partial charge in [0.05, 0.1) is 29.4 Å². The first-order chi connectivity index (χ1) is 10.4. The van der Waals surface area contributed by atoms with Crippen molar-refractivity contribution in [1.29, 1.82) is 0 Å². The van der Waals surface area contributed by atoms with Crippen molar-refractivity contribution >= 4 is 16.0 Å². The second kappa shape index (κ2) is 6.76. The van der Waals surface area contributed by atoms with Crippen LogP contribution in [-0.4, -0.2) is 21.0 Å². The highest BCUT2D eigenvalue weighted by Gasteiger charge is 2.20. The largest absolute Gasteiger partial charge is 0.468 e. The van der Waals surface area contributed by atoms with Crippen molar-refractivity contribution in [2.75, 3.05) is 6.61 Å². The summed E-state index contributed by atoms with van der Waals surface area (Å²) in [5.41, 5.74) is 0.305. The molecule has 0 amide bonds. The van der Waals surface area contributed by atoms with Crippen molar-refractivity contribution in [2.45, 2.75) is 24.8 Å². The molecule has 0 radical (unpaired) electrons. The van der Waals surface area contributed by atoms with Crippen LogP contribution >= 0.6 is 0 Å². The van der Waals surface area contributed by atoms with Crippen LogP contribution in [0.5, 0.6) is 0 Å². The fourth-order valence-corrected chi connectivity index (χ4v) is 3.09. The van der Waals surface area contributed by atoms with Crippen molar-refractivity contribution in [3.63, 3.8) is 0 Å². The summed E-state index contributed by atoms with van der Waals surface area (Å²) in [6, 6.07) is 8.46. The first-order valence-corrected chi connectivity index (χ1v) is 8.25. The lowest BCUT2D eigenvalue weighted by Gasteiger charge is -2.12. The molecule has 1 aromatic carbocycles. The van der Waals surface area contributed by atoms with Gasteiger partial charge in [0.1, 0.15) is 5.76 Å². The van der Waals surface area contributed by atoms with E-state index in [2.05, 4.69) is 4.72 Å². The van der Waals surface area contributed by atoms with Gasteiger partial charge in [0.25, 0.3) is 0 Å². The molecule has 0 bridgehead atoms. The molecule has 0 unspecified atom stereocenters. The Morgan fingerprint density at radius 3 is 2.50 bits per heavy atom. The van der Waals surface area contributed by atoms with Crippen molar-refractivity contribution in [1.82, 2.24) is 4.72 Å². The Bertz CT molecular complexity index is 720. The van der Waals surface area contributed by atoms with Gasteiger partial charge in [0.15, 0.2) is 0 Å². The van der Waals surface area contributed by atoms with Crippen molar-refractivity contribution in [3.05, 3.63) is 54.0 Å². The lowest BCUT2D eigenvalue weighted by molar-refractivity contribution is 0.0526. The molecule has 0 aliphatic heterocycles. The van der Waals surface area contributed by atoms with E-state index in [0.29, 0.717) is 11.3 Å². The van der Waals surface area contributed by atoms with Crippen LogP contribution in [0.1, 0.15) is 36.0 Å². The maximum atomic E-state index is 12.3. The molecule has 2 rings (SSSR count). The van der Waals surface area contributed by atoms with Crippen LogP contribution in [-0.2, 0) is 14.8 Å². The van der Waals surface area contributed by atoms with Gasteiger partial charge in [0, 0.05) is 0 Å². The average molecular weight is 323 g/mol. The number of hydrogen-bond acceptors (Lipinski definition) is 5. The molecule has 0 spiro atoms. The third-order valence-corrected chi connectivity index (χ3v) is 4.53. The monoisotopic (exact) mass is 323 g/mol. The Balaban J connectivity index is 2.14. The van der Waals surface area contributed by atoms with Crippen LogP contribution in [0.4, 0.5) is 0 Å². The van der Waals surface area contributed by atoms with Gasteiger partial charge in [-0.15, -0.1) is 0 Å². The van der Waals surface area contributed by atoms with E-state index in [-0.39, 0.29) is 11.5 Å². The maximum absolute atomic E-state index is 12.3. The second-order valence-electron chi connectivity index (χ2n) is 4.60. The number of nitrogens with one attached hydrogen (secondary N) is 1. The number of benzene rings is 1. The number of rotatable bonds is 6. The standard InChI is InChI=1S/C15H17NO5S/c1-3-20-15(17)12-6-8-13(9-7-12)22(18,19)16-11(2)14-5-4-10-21-14/h4-11,16H,3H2,1-2H3/t11-/m1/s1. The van der Waals surface area contributed by atoms with Crippen LogP contribution in [0.3, 0.4) is 0 Å². The molecule has 0 aliphatic rings. The number of sulfonamides is 1. The molecule has 0 saturated carbocycles. The summed E-state index contributed by atoms with van der Waals surface area (Å²) in [4.78, 5) is 11.6. The second-order valence-corrected chi connectivity index (χ2v) is 6.32. The average Bonchev–Trinajstić information content (AvgIpc) is 3.01. The van der Waals surface area contributed by atoms with Gasteiger partial charge in [-0.1, -0.05) is 0 Å². The van der Waals surface area contributed by atoms with E-state index in [0.717, 1.165) is 0 Å². The fraction of sp³-hybridized carbons (Fsp3) is 0.267. The van der Waals surface area contributed by atoms with Gasteiger partial charge >= 0.3 is 5.97 Å². The van der Waals surface area contributed by atoms with Gasteiger partial charge in [-0.2, -0.15) is 0 Å². The summed E-state index contributed by atoms with van der Waals surface area (Å²) in [6.45, 7) is 3.65. The predicted molar refractivity (Wildman–Crippen MR) is 79.8 cm³/mol. The van der Waals surface area contributed by atoms with E-state index in [1.54, 1.807) is 26.0 Å². The molecule has 1 aromatic heterocycles. The molecule has 1 atom stereocenters. The highest BCUT2D eigenvalue weighted by molar-refractivity contribution is 7.89. The highest BCUT2D eigenvalue weighted by Crippen LogP contribution is 2.18. The minimum absolute atomic E-state index is 0.0685. The van der Waals surface area contributed by atoms with E-state index in [9.17, 15) is 13.2 Å². The Labute approximate surface area is 129 Å². The van der Waals surface area contributed by atoms with Crippen LogP contribution in [0.15, 0.2) is 52.0 Å². The number of furan rings is 1. The zero-order chi connectivity index (χ0) is 16.2. The summed E-state index contributed by atoms with van der Waals surface area (Å²) in [5.74, 6) is 0.0371. The van der Waals surface area contributed by atoms with E-state index in [4.69, 9.17) is 9.15 Å². The summed E-state index contributed by atoms with van der Waals surface area (Å²) >= 11 is 0. The lowest BCUT2D eigenvalue weighted by Crippen LogP contribution is -2.26. The lowest BCUT2D eigenvalue weighted by atomic mass is 10.2. The van der Waals surface area contributed by atoms with Crippen LogP contribution in [0, 0.1) is 0 Å². The molecular weight excluding hydrogens is 306 g/mol. The Kier molecular flexibility index (Phi) is 4.99. The van der Waals surface area contributed by atoms with Crippen LogP contribution in [0.25, 0.3) is 0 Å². The van der Waals surface area contributed by atoms with Crippen LogP contribution < -0.4 is 4.72 Å². The highest BCUT2D eigenvalue weighted by atomic mass is 32.2. The molecule has 0 aliphatic carbocycles. The molecule has 1 heterocycles. The summed E-state index contributed by atoms with van der Waals surface area (Å²) in [7, 11) is -3.70. The molecule has 2 aromatic rings. The van der Waals surface area contributed by atoms with Crippen molar-refractivity contribution in [3.8, 4) is 0 Å².